The summed E-state index contributed by atoms with van der Waals surface area (Å²) in [6.07, 6.45) is 6.43. The van der Waals surface area contributed by atoms with E-state index in [1.165, 1.54) is 0 Å². The molecule has 0 saturated heterocycles. The Hall–Kier alpha value is -3.41. The predicted octanol–water partition coefficient (Wildman–Crippen LogP) is 3.68. The van der Waals surface area contributed by atoms with E-state index >= 15 is 0 Å². The van der Waals surface area contributed by atoms with Crippen molar-refractivity contribution >= 4 is 23.1 Å². The summed E-state index contributed by atoms with van der Waals surface area (Å²) in [5, 5.41) is 8.46. The van der Waals surface area contributed by atoms with Crippen LogP contribution in [0, 0.1) is 0 Å². The van der Waals surface area contributed by atoms with Gasteiger partial charge in [-0.3, -0.25) is 9.48 Å². The highest BCUT2D eigenvalue weighted by Gasteiger charge is 2.15. The number of rotatable bonds is 5. The molecule has 3 aromatic heterocycles. The van der Waals surface area contributed by atoms with Crippen LogP contribution in [0.1, 0.15) is 6.92 Å². The second-order valence-corrected chi connectivity index (χ2v) is 5.69. The number of aryl methyl sites for hydroxylation is 1. The number of anilines is 1. The summed E-state index contributed by atoms with van der Waals surface area (Å²) < 4.78 is 1.93. The second kappa shape index (κ2) is 6.24. The molecule has 1 amide bonds. The monoisotopic (exact) mass is 331 g/mol. The lowest BCUT2D eigenvalue weighted by Crippen LogP contribution is -1.94. The summed E-state index contributed by atoms with van der Waals surface area (Å²) in [6, 6.07) is 11.7. The molecule has 0 fully saturated rings. The van der Waals surface area contributed by atoms with Crippen LogP contribution in [-0.4, -0.2) is 26.2 Å². The van der Waals surface area contributed by atoms with Gasteiger partial charge in [0, 0.05) is 47.3 Å². The highest BCUT2D eigenvalue weighted by atomic mass is 16.1. The largest absolute Gasteiger partial charge is 0.346 e. The number of aromatic amines is 1. The average Bonchev–Trinajstić information content (AvgIpc) is 3.29. The topological polar surface area (TPSA) is 75.6 Å². The van der Waals surface area contributed by atoms with Gasteiger partial charge in [-0.25, -0.2) is 4.98 Å². The van der Waals surface area contributed by atoms with Crippen molar-refractivity contribution < 1.29 is 4.79 Å². The van der Waals surface area contributed by atoms with Gasteiger partial charge in [0.15, 0.2) is 0 Å². The lowest BCUT2D eigenvalue weighted by molar-refractivity contribution is -0.105. The molecule has 0 radical (unpaired) electrons. The van der Waals surface area contributed by atoms with Crippen molar-refractivity contribution in [2.45, 2.75) is 13.5 Å². The fourth-order valence-corrected chi connectivity index (χ4v) is 2.98. The minimum Gasteiger partial charge on any atom is -0.346 e. The third-order valence-electron chi connectivity index (χ3n) is 4.22. The Balaban J connectivity index is 1.87. The molecule has 6 nitrogen and oxygen atoms in total. The first kappa shape index (κ1) is 15.1. The van der Waals surface area contributed by atoms with Crippen LogP contribution in [0.4, 0.5) is 5.69 Å². The van der Waals surface area contributed by atoms with Crippen LogP contribution in [0.5, 0.6) is 0 Å². The summed E-state index contributed by atoms with van der Waals surface area (Å²) in [7, 11) is 0. The van der Waals surface area contributed by atoms with Gasteiger partial charge in [0.2, 0.25) is 6.41 Å². The fraction of sp³-hybridized carbons (Fsp3) is 0.105. The van der Waals surface area contributed by atoms with Gasteiger partial charge in [-0.15, -0.1) is 0 Å². The number of benzene rings is 1. The van der Waals surface area contributed by atoms with E-state index in [1.54, 1.807) is 6.20 Å². The zero-order valence-electron chi connectivity index (χ0n) is 13.7. The molecule has 1 aromatic carbocycles. The smallest absolute Gasteiger partial charge is 0.211 e. The summed E-state index contributed by atoms with van der Waals surface area (Å²) in [5.74, 6) is 0. The second-order valence-electron chi connectivity index (χ2n) is 5.69. The minimum atomic E-state index is 0.672. The van der Waals surface area contributed by atoms with Gasteiger partial charge < -0.3 is 10.3 Å². The number of carbonyl (C=O) groups is 1. The lowest BCUT2D eigenvalue weighted by atomic mass is 10.0. The number of pyridine rings is 1. The van der Waals surface area contributed by atoms with Crippen molar-refractivity contribution in [3.05, 3.63) is 55.0 Å². The molecule has 0 saturated carbocycles. The number of amides is 1. The molecule has 4 rings (SSSR count). The van der Waals surface area contributed by atoms with Gasteiger partial charge in [0.1, 0.15) is 11.3 Å². The maximum Gasteiger partial charge on any atom is 0.211 e. The highest BCUT2D eigenvalue weighted by molar-refractivity contribution is 5.96. The van der Waals surface area contributed by atoms with Crippen molar-refractivity contribution in [1.82, 2.24) is 19.7 Å². The van der Waals surface area contributed by atoms with Crippen molar-refractivity contribution in [3.63, 3.8) is 0 Å². The molecule has 0 atom stereocenters. The molecule has 6 heteroatoms. The van der Waals surface area contributed by atoms with Crippen molar-refractivity contribution in [3.8, 4) is 22.4 Å². The maximum absolute atomic E-state index is 10.6. The van der Waals surface area contributed by atoms with Crippen LogP contribution in [0.25, 0.3) is 33.4 Å². The SMILES string of the molecule is CCn1cc(-c2ccnc3[nH]ccc23)c(-c2ccc(NC=O)cc2)n1. The Kier molecular flexibility index (Phi) is 3.78. The number of hydrogen-bond donors (Lipinski definition) is 2. The number of aromatic nitrogens is 4. The molecule has 124 valence electrons. The summed E-state index contributed by atoms with van der Waals surface area (Å²) >= 11 is 0. The third kappa shape index (κ3) is 2.67. The van der Waals surface area contributed by atoms with Gasteiger partial charge in [-0.2, -0.15) is 5.10 Å². The molecule has 0 aliphatic rings. The molecule has 4 aromatic rings. The number of nitrogens with zero attached hydrogens (tertiary/aromatic N) is 3. The normalized spacial score (nSPS) is 10.9. The first-order chi connectivity index (χ1) is 12.3. The van der Waals surface area contributed by atoms with Gasteiger partial charge in [0.05, 0.1) is 0 Å². The zero-order chi connectivity index (χ0) is 17.2. The van der Waals surface area contributed by atoms with E-state index in [0.717, 1.165) is 45.6 Å². The molecule has 3 heterocycles. The maximum atomic E-state index is 10.6. The zero-order valence-corrected chi connectivity index (χ0v) is 13.7. The number of carbonyl (C=O) groups excluding carboxylic acids is 1. The molecule has 25 heavy (non-hydrogen) atoms. The van der Waals surface area contributed by atoms with Gasteiger partial charge >= 0.3 is 0 Å². The van der Waals surface area contributed by atoms with Crippen molar-refractivity contribution in [1.29, 1.82) is 0 Å². The molecule has 0 unspecified atom stereocenters. The van der Waals surface area contributed by atoms with Gasteiger partial charge in [0.25, 0.3) is 0 Å². The number of H-pyrrole nitrogens is 1. The Labute approximate surface area is 144 Å². The Bertz CT molecular complexity index is 1030. The van der Waals surface area contributed by atoms with Crippen LogP contribution in [-0.2, 0) is 11.3 Å². The van der Waals surface area contributed by atoms with Crippen LogP contribution < -0.4 is 5.32 Å². The Morgan fingerprint density at radius 3 is 2.76 bits per heavy atom. The number of nitrogens with one attached hydrogen (secondary N) is 2. The van der Waals surface area contributed by atoms with E-state index in [1.807, 2.05) is 47.3 Å². The molecule has 0 aliphatic heterocycles. The fourth-order valence-electron chi connectivity index (χ4n) is 2.98. The van der Waals surface area contributed by atoms with Crippen LogP contribution in [0.3, 0.4) is 0 Å². The summed E-state index contributed by atoms with van der Waals surface area (Å²) in [4.78, 5) is 18.1. The quantitative estimate of drug-likeness (QED) is 0.548. The van der Waals surface area contributed by atoms with E-state index in [4.69, 9.17) is 5.10 Å². The van der Waals surface area contributed by atoms with Gasteiger partial charge in [-0.05, 0) is 36.8 Å². The van der Waals surface area contributed by atoms with E-state index in [9.17, 15) is 4.79 Å². The van der Waals surface area contributed by atoms with E-state index < -0.39 is 0 Å². The molecule has 2 N–H and O–H groups in total. The third-order valence-corrected chi connectivity index (χ3v) is 4.22. The van der Waals surface area contributed by atoms with Crippen LogP contribution >= 0.6 is 0 Å². The number of hydrogen-bond acceptors (Lipinski definition) is 3. The van der Waals surface area contributed by atoms with E-state index in [-0.39, 0.29) is 0 Å². The van der Waals surface area contributed by atoms with Crippen molar-refractivity contribution in [2.75, 3.05) is 5.32 Å². The van der Waals surface area contributed by atoms with E-state index in [2.05, 4.69) is 28.4 Å². The lowest BCUT2D eigenvalue weighted by Gasteiger charge is -2.05. The summed E-state index contributed by atoms with van der Waals surface area (Å²) in [6.45, 7) is 2.86. The first-order valence-electron chi connectivity index (χ1n) is 8.10. The summed E-state index contributed by atoms with van der Waals surface area (Å²) in [5.41, 5.74) is 5.68. The number of fused-ring (bicyclic) bond motifs is 1. The molecule has 0 aliphatic carbocycles. The minimum absolute atomic E-state index is 0.672. The molecule has 0 bridgehead atoms. The first-order valence-corrected chi connectivity index (χ1v) is 8.10. The Morgan fingerprint density at radius 1 is 1.16 bits per heavy atom. The van der Waals surface area contributed by atoms with Crippen LogP contribution in [0.15, 0.2) is 55.0 Å². The predicted molar refractivity (Wildman–Crippen MR) is 98.1 cm³/mol. The van der Waals surface area contributed by atoms with Gasteiger partial charge in [-0.1, -0.05) is 12.1 Å². The molecule has 0 spiro atoms. The Morgan fingerprint density at radius 2 is 2.00 bits per heavy atom. The molecular formula is C19H17N5O. The van der Waals surface area contributed by atoms with E-state index in [0.29, 0.717) is 6.41 Å². The van der Waals surface area contributed by atoms with Crippen LogP contribution in [0.2, 0.25) is 0 Å². The molecular weight excluding hydrogens is 314 g/mol. The standard InChI is InChI=1S/C19H17N5O/c1-2-24-11-17(15-7-9-20-19-16(15)8-10-21-19)18(23-24)13-3-5-14(6-4-13)22-12-25/h3-12H,2H2,1H3,(H,20,21)(H,22,25). The van der Waals surface area contributed by atoms with Crippen molar-refractivity contribution in [2.24, 2.45) is 0 Å². The average molecular weight is 331 g/mol. The highest BCUT2D eigenvalue weighted by Crippen LogP contribution is 2.35.